The summed E-state index contributed by atoms with van der Waals surface area (Å²) >= 11 is 0. The van der Waals surface area contributed by atoms with Gasteiger partial charge in [-0.05, 0) is 23.8 Å². The fraction of sp³-hybridized carbons (Fsp3) is 0. The normalized spacial score (nSPS) is 10.2. The van der Waals surface area contributed by atoms with E-state index >= 15 is 0 Å². The van der Waals surface area contributed by atoms with Crippen molar-refractivity contribution in [1.82, 2.24) is 0 Å². The Labute approximate surface area is 74.7 Å². The van der Waals surface area contributed by atoms with Crippen LogP contribution in [0, 0.1) is 10.1 Å². The maximum absolute atomic E-state index is 10.3. The molecule has 0 bridgehead atoms. The number of carbonyl (C=O) groups is 1. The maximum atomic E-state index is 10.3. The molecule has 4 nitrogen and oxygen atoms in total. The molecule has 0 N–H and O–H groups in total. The first-order chi connectivity index (χ1) is 6.24. The van der Waals surface area contributed by atoms with Gasteiger partial charge in [0.15, 0.2) is 0 Å². The molecule has 0 saturated heterocycles. The van der Waals surface area contributed by atoms with Gasteiger partial charge in [0, 0.05) is 12.1 Å². The van der Waals surface area contributed by atoms with Crippen molar-refractivity contribution in [2.75, 3.05) is 0 Å². The molecule has 13 heavy (non-hydrogen) atoms. The predicted molar refractivity (Wildman–Crippen MR) is 48.2 cm³/mol. The Hall–Kier alpha value is -1.97. The van der Waals surface area contributed by atoms with Crippen molar-refractivity contribution >= 4 is 18.0 Å². The van der Waals surface area contributed by atoms with Gasteiger partial charge >= 0.3 is 0 Å². The van der Waals surface area contributed by atoms with Crippen LogP contribution in [-0.2, 0) is 4.79 Å². The standard InChI is InChI=1S/C9H7NO3/c11-7-1-2-8-3-5-9(6-4-8)10(12)13/h1-7H. The number of nitrogens with zero attached hydrogens (tertiary/aromatic N) is 1. The molecule has 1 aromatic rings. The van der Waals surface area contributed by atoms with Crippen molar-refractivity contribution < 1.29 is 9.72 Å². The molecule has 1 rings (SSSR count). The van der Waals surface area contributed by atoms with Crippen molar-refractivity contribution in [2.45, 2.75) is 0 Å². The first-order valence-corrected chi connectivity index (χ1v) is 3.60. The Kier molecular flexibility index (Phi) is 2.92. The molecule has 0 spiro atoms. The molecule has 0 aliphatic heterocycles. The highest BCUT2D eigenvalue weighted by Crippen LogP contribution is 2.12. The van der Waals surface area contributed by atoms with E-state index in [1.165, 1.54) is 18.2 Å². The number of hydrogen-bond acceptors (Lipinski definition) is 3. The van der Waals surface area contributed by atoms with Crippen molar-refractivity contribution in [3.05, 3.63) is 46.0 Å². The van der Waals surface area contributed by atoms with Gasteiger partial charge in [-0.3, -0.25) is 14.9 Å². The molecule has 0 heterocycles. The fourth-order valence-corrected chi connectivity index (χ4v) is 0.858. The molecule has 0 aromatic heterocycles. The zero-order valence-electron chi connectivity index (χ0n) is 6.71. The summed E-state index contributed by atoms with van der Waals surface area (Å²) in [6.45, 7) is 0. The van der Waals surface area contributed by atoms with Crippen LogP contribution in [0.3, 0.4) is 0 Å². The molecule has 0 aliphatic carbocycles. The highest BCUT2D eigenvalue weighted by molar-refractivity contribution is 5.73. The minimum absolute atomic E-state index is 0.0447. The second kappa shape index (κ2) is 4.15. The van der Waals surface area contributed by atoms with Gasteiger partial charge in [0.2, 0.25) is 0 Å². The first kappa shape index (κ1) is 9.12. The molecule has 0 fully saturated rings. The van der Waals surface area contributed by atoms with E-state index in [0.717, 1.165) is 5.56 Å². The van der Waals surface area contributed by atoms with E-state index in [4.69, 9.17) is 0 Å². The molecule has 0 unspecified atom stereocenters. The summed E-state index contributed by atoms with van der Waals surface area (Å²) in [5, 5.41) is 10.3. The van der Waals surface area contributed by atoms with E-state index < -0.39 is 4.92 Å². The zero-order valence-corrected chi connectivity index (χ0v) is 6.71. The minimum atomic E-state index is -0.465. The van der Waals surface area contributed by atoms with Crippen LogP contribution in [0.5, 0.6) is 0 Å². The quantitative estimate of drug-likeness (QED) is 0.306. The lowest BCUT2D eigenvalue weighted by atomic mass is 10.2. The zero-order chi connectivity index (χ0) is 9.68. The van der Waals surface area contributed by atoms with Crippen LogP contribution in [0.15, 0.2) is 30.3 Å². The second-order valence-corrected chi connectivity index (χ2v) is 2.34. The van der Waals surface area contributed by atoms with Crippen LogP contribution in [0.2, 0.25) is 0 Å². The van der Waals surface area contributed by atoms with Crippen LogP contribution in [0.4, 0.5) is 5.69 Å². The van der Waals surface area contributed by atoms with Gasteiger partial charge in [-0.15, -0.1) is 0 Å². The van der Waals surface area contributed by atoms with Crippen molar-refractivity contribution in [3.63, 3.8) is 0 Å². The average molecular weight is 177 g/mol. The fourth-order valence-electron chi connectivity index (χ4n) is 0.858. The number of nitro groups is 1. The maximum Gasteiger partial charge on any atom is 0.269 e. The smallest absolute Gasteiger partial charge is 0.269 e. The van der Waals surface area contributed by atoms with Crippen LogP contribution < -0.4 is 0 Å². The van der Waals surface area contributed by atoms with Gasteiger partial charge < -0.3 is 0 Å². The Morgan fingerprint density at radius 2 is 1.85 bits per heavy atom. The number of carbonyl (C=O) groups excluding carboxylic acids is 1. The van der Waals surface area contributed by atoms with Gasteiger partial charge in [-0.1, -0.05) is 6.08 Å². The Balaban J connectivity index is 2.87. The number of allylic oxidation sites excluding steroid dienone is 1. The largest absolute Gasteiger partial charge is 0.299 e. The lowest BCUT2D eigenvalue weighted by molar-refractivity contribution is -0.384. The van der Waals surface area contributed by atoms with Crippen LogP contribution in [-0.4, -0.2) is 11.2 Å². The van der Waals surface area contributed by atoms with E-state index in [2.05, 4.69) is 0 Å². The molecule has 0 radical (unpaired) electrons. The Morgan fingerprint density at radius 1 is 1.23 bits per heavy atom. The van der Waals surface area contributed by atoms with Crippen LogP contribution in [0.25, 0.3) is 6.08 Å². The highest BCUT2D eigenvalue weighted by atomic mass is 16.6. The second-order valence-electron chi connectivity index (χ2n) is 2.34. The summed E-state index contributed by atoms with van der Waals surface area (Å²) in [6.07, 6.45) is 3.57. The summed E-state index contributed by atoms with van der Waals surface area (Å²) in [6, 6.07) is 5.95. The van der Waals surface area contributed by atoms with E-state index in [9.17, 15) is 14.9 Å². The van der Waals surface area contributed by atoms with Crippen molar-refractivity contribution in [1.29, 1.82) is 0 Å². The summed E-state index contributed by atoms with van der Waals surface area (Å²) in [5.41, 5.74) is 0.806. The van der Waals surface area contributed by atoms with Gasteiger partial charge in [0.1, 0.15) is 6.29 Å². The summed E-state index contributed by atoms with van der Waals surface area (Å²) in [5.74, 6) is 0. The molecule has 0 amide bonds. The van der Waals surface area contributed by atoms with Gasteiger partial charge in [0.25, 0.3) is 5.69 Å². The Morgan fingerprint density at radius 3 is 2.31 bits per heavy atom. The lowest BCUT2D eigenvalue weighted by Crippen LogP contribution is -1.86. The molecule has 0 aliphatic rings. The topological polar surface area (TPSA) is 60.2 Å². The molecular weight excluding hydrogens is 170 g/mol. The van der Waals surface area contributed by atoms with Crippen molar-refractivity contribution in [2.24, 2.45) is 0 Å². The molecule has 66 valence electrons. The number of non-ortho nitro benzene ring substituents is 1. The highest BCUT2D eigenvalue weighted by Gasteiger charge is 2.01. The summed E-state index contributed by atoms with van der Waals surface area (Å²) in [4.78, 5) is 19.8. The summed E-state index contributed by atoms with van der Waals surface area (Å²) < 4.78 is 0. The average Bonchev–Trinajstić information content (AvgIpc) is 2.15. The van der Waals surface area contributed by atoms with E-state index in [1.807, 2.05) is 0 Å². The predicted octanol–water partition coefficient (Wildman–Crippen LogP) is 1.81. The molecular formula is C9H7NO3. The minimum Gasteiger partial charge on any atom is -0.299 e. The van der Waals surface area contributed by atoms with Crippen LogP contribution >= 0.6 is 0 Å². The van der Waals surface area contributed by atoms with Gasteiger partial charge in [-0.2, -0.15) is 0 Å². The summed E-state index contributed by atoms with van der Waals surface area (Å²) in [7, 11) is 0. The van der Waals surface area contributed by atoms with Gasteiger partial charge in [-0.25, -0.2) is 0 Å². The third kappa shape index (κ3) is 2.52. The number of benzene rings is 1. The van der Waals surface area contributed by atoms with Gasteiger partial charge in [0.05, 0.1) is 4.92 Å². The molecule has 0 saturated carbocycles. The Bertz CT molecular complexity index is 340. The molecule has 1 aromatic carbocycles. The number of aldehydes is 1. The monoisotopic (exact) mass is 177 g/mol. The molecule has 0 atom stereocenters. The SMILES string of the molecule is O=CC=Cc1ccc([N+](=O)[O-])cc1. The number of nitro benzene ring substituents is 1. The van der Waals surface area contributed by atoms with Crippen LogP contribution in [0.1, 0.15) is 5.56 Å². The third-order valence-electron chi connectivity index (χ3n) is 1.47. The molecule has 4 heteroatoms. The number of rotatable bonds is 3. The number of hydrogen-bond donors (Lipinski definition) is 0. The van der Waals surface area contributed by atoms with Crippen molar-refractivity contribution in [3.8, 4) is 0 Å². The van der Waals surface area contributed by atoms with E-state index in [-0.39, 0.29) is 5.69 Å². The first-order valence-electron chi connectivity index (χ1n) is 3.60. The van der Waals surface area contributed by atoms with E-state index in [1.54, 1.807) is 18.2 Å². The van der Waals surface area contributed by atoms with E-state index in [0.29, 0.717) is 6.29 Å². The lowest BCUT2D eigenvalue weighted by Gasteiger charge is -1.91. The third-order valence-corrected chi connectivity index (χ3v) is 1.47.